The van der Waals surface area contributed by atoms with Gasteiger partial charge in [0, 0.05) is 36.1 Å². The van der Waals surface area contributed by atoms with E-state index in [1.807, 2.05) is 37.3 Å². The molecule has 30 heavy (non-hydrogen) atoms. The predicted molar refractivity (Wildman–Crippen MR) is 121 cm³/mol. The highest BCUT2D eigenvalue weighted by molar-refractivity contribution is 9.10. The highest BCUT2D eigenvalue weighted by Gasteiger charge is 2.34. The minimum Gasteiger partial charge on any atom is -0.490 e. The number of carbonyl (C=O) groups excluding carboxylic acids is 1. The van der Waals surface area contributed by atoms with Gasteiger partial charge in [-0.05, 0) is 56.0 Å². The van der Waals surface area contributed by atoms with E-state index in [-0.39, 0.29) is 11.3 Å². The topological polar surface area (TPSA) is 56.8 Å². The molecular formula is C24H30BrNO4. The highest BCUT2D eigenvalue weighted by atomic mass is 79.9. The Morgan fingerprint density at radius 2 is 1.83 bits per heavy atom. The van der Waals surface area contributed by atoms with Gasteiger partial charge in [0.1, 0.15) is 0 Å². The zero-order valence-electron chi connectivity index (χ0n) is 17.5. The summed E-state index contributed by atoms with van der Waals surface area (Å²) < 4.78 is 18.0. The summed E-state index contributed by atoms with van der Waals surface area (Å²) in [6, 6.07) is 16.0. The van der Waals surface area contributed by atoms with Gasteiger partial charge in [-0.25, -0.2) is 0 Å². The first-order valence-electron chi connectivity index (χ1n) is 10.6. The standard InChI is InChI=1S/C24H30BrNO4/c1-2-29-21-9-3-4-10-22(21)30-14-6-11-23(27)26-18-24(12-15-28-16-13-24)19-7-5-8-20(25)17-19/h3-5,7-10,17H,2,6,11-16,18H2,1H3,(H,26,27). The van der Waals surface area contributed by atoms with E-state index in [9.17, 15) is 4.79 Å². The number of carbonyl (C=O) groups is 1. The van der Waals surface area contributed by atoms with Crippen LogP contribution in [0.3, 0.4) is 0 Å². The number of ether oxygens (including phenoxy) is 3. The molecule has 0 spiro atoms. The van der Waals surface area contributed by atoms with Gasteiger partial charge >= 0.3 is 0 Å². The smallest absolute Gasteiger partial charge is 0.220 e. The average molecular weight is 476 g/mol. The van der Waals surface area contributed by atoms with E-state index in [0.717, 1.165) is 42.0 Å². The molecule has 0 unspecified atom stereocenters. The first kappa shape index (κ1) is 22.6. The molecule has 3 rings (SSSR count). The van der Waals surface area contributed by atoms with Gasteiger partial charge in [-0.1, -0.05) is 40.2 Å². The Morgan fingerprint density at radius 3 is 2.53 bits per heavy atom. The molecule has 1 aliphatic rings. The van der Waals surface area contributed by atoms with Gasteiger partial charge in [0.15, 0.2) is 11.5 Å². The summed E-state index contributed by atoms with van der Waals surface area (Å²) in [6.45, 7) is 5.07. The predicted octanol–water partition coefficient (Wildman–Crippen LogP) is 4.87. The largest absolute Gasteiger partial charge is 0.490 e. The van der Waals surface area contributed by atoms with Gasteiger partial charge in [-0.15, -0.1) is 0 Å². The lowest BCUT2D eigenvalue weighted by Crippen LogP contribution is -2.44. The Hall–Kier alpha value is -2.05. The number of hydrogen-bond acceptors (Lipinski definition) is 4. The second-order valence-corrected chi connectivity index (χ2v) is 8.43. The maximum absolute atomic E-state index is 12.5. The van der Waals surface area contributed by atoms with E-state index >= 15 is 0 Å². The minimum atomic E-state index is -0.0787. The van der Waals surface area contributed by atoms with Gasteiger partial charge in [0.05, 0.1) is 13.2 Å². The van der Waals surface area contributed by atoms with Crippen molar-refractivity contribution in [2.75, 3.05) is 33.0 Å². The van der Waals surface area contributed by atoms with Crippen LogP contribution in [0, 0.1) is 0 Å². The van der Waals surface area contributed by atoms with E-state index < -0.39 is 0 Å². The Bertz CT molecular complexity index is 820. The molecule has 0 radical (unpaired) electrons. The zero-order valence-corrected chi connectivity index (χ0v) is 19.1. The lowest BCUT2D eigenvalue weighted by Gasteiger charge is -2.38. The molecular weight excluding hydrogens is 446 g/mol. The molecule has 2 aromatic rings. The van der Waals surface area contributed by atoms with Crippen molar-refractivity contribution in [3.8, 4) is 11.5 Å². The molecule has 1 saturated heterocycles. The first-order valence-corrected chi connectivity index (χ1v) is 11.4. The van der Waals surface area contributed by atoms with E-state index in [1.165, 1.54) is 5.56 Å². The molecule has 6 heteroatoms. The van der Waals surface area contributed by atoms with E-state index in [1.54, 1.807) is 0 Å². The normalized spacial score (nSPS) is 15.4. The lowest BCUT2D eigenvalue weighted by molar-refractivity contribution is -0.121. The summed E-state index contributed by atoms with van der Waals surface area (Å²) >= 11 is 3.57. The molecule has 162 valence electrons. The van der Waals surface area contributed by atoms with Crippen molar-refractivity contribution in [3.63, 3.8) is 0 Å². The van der Waals surface area contributed by atoms with E-state index in [4.69, 9.17) is 14.2 Å². The summed E-state index contributed by atoms with van der Waals surface area (Å²) in [5.41, 5.74) is 1.17. The maximum atomic E-state index is 12.5. The molecule has 2 aromatic carbocycles. The average Bonchev–Trinajstić information content (AvgIpc) is 2.77. The summed E-state index contributed by atoms with van der Waals surface area (Å²) in [6.07, 6.45) is 2.89. The van der Waals surface area contributed by atoms with Crippen molar-refractivity contribution in [1.29, 1.82) is 0 Å². The highest BCUT2D eigenvalue weighted by Crippen LogP contribution is 2.35. The second-order valence-electron chi connectivity index (χ2n) is 7.51. The fourth-order valence-corrected chi connectivity index (χ4v) is 4.16. The van der Waals surface area contributed by atoms with Crippen molar-refractivity contribution >= 4 is 21.8 Å². The zero-order chi connectivity index (χ0) is 21.2. The molecule has 0 saturated carbocycles. The van der Waals surface area contributed by atoms with Crippen LogP contribution in [-0.2, 0) is 14.9 Å². The van der Waals surface area contributed by atoms with Crippen molar-refractivity contribution < 1.29 is 19.0 Å². The number of rotatable bonds is 10. The van der Waals surface area contributed by atoms with Crippen LogP contribution >= 0.6 is 15.9 Å². The molecule has 1 fully saturated rings. The number of hydrogen-bond donors (Lipinski definition) is 1. The van der Waals surface area contributed by atoms with Crippen LogP contribution in [0.5, 0.6) is 11.5 Å². The molecule has 1 amide bonds. The van der Waals surface area contributed by atoms with Crippen LogP contribution in [0.4, 0.5) is 0 Å². The van der Waals surface area contributed by atoms with Gasteiger partial charge in [0.25, 0.3) is 0 Å². The fraction of sp³-hybridized carbons (Fsp3) is 0.458. The van der Waals surface area contributed by atoms with Crippen molar-refractivity contribution in [2.45, 2.75) is 38.0 Å². The number of nitrogens with one attached hydrogen (secondary N) is 1. The Labute approximate surface area is 187 Å². The van der Waals surface area contributed by atoms with Gasteiger partial charge in [-0.3, -0.25) is 4.79 Å². The van der Waals surface area contributed by atoms with Crippen LogP contribution in [0.15, 0.2) is 53.0 Å². The third-order valence-electron chi connectivity index (χ3n) is 5.47. The molecule has 0 atom stereocenters. The number of amides is 1. The number of benzene rings is 2. The molecule has 1 heterocycles. The van der Waals surface area contributed by atoms with E-state index in [2.05, 4.69) is 39.4 Å². The summed E-state index contributed by atoms with van der Waals surface area (Å²) in [7, 11) is 0. The number of para-hydroxylation sites is 2. The minimum absolute atomic E-state index is 0.0533. The van der Waals surface area contributed by atoms with Crippen molar-refractivity contribution in [1.82, 2.24) is 5.32 Å². The molecule has 0 aliphatic carbocycles. The van der Waals surface area contributed by atoms with Crippen LogP contribution < -0.4 is 14.8 Å². The van der Waals surface area contributed by atoms with Crippen LogP contribution in [0.1, 0.15) is 38.2 Å². The Morgan fingerprint density at radius 1 is 1.10 bits per heavy atom. The lowest BCUT2D eigenvalue weighted by atomic mass is 9.74. The number of halogens is 1. The molecule has 0 bridgehead atoms. The SMILES string of the molecule is CCOc1ccccc1OCCCC(=O)NCC1(c2cccc(Br)c2)CCOCC1. The Kier molecular flexibility index (Phi) is 8.58. The second kappa shape index (κ2) is 11.4. The Balaban J connectivity index is 1.48. The maximum Gasteiger partial charge on any atom is 0.220 e. The van der Waals surface area contributed by atoms with Crippen LogP contribution in [0.2, 0.25) is 0 Å². The quantitative estimate of drug-likeness (QED) is 0.497. The molecule has 1 N–H and O–H groups in total. The first-order chi connectivity index (χ1) is 14.6. The third-order valence-corrected chi connectivity index (χ3v) is 5.96. The molecule has 1 aliphatic heterocycles. The fourth-order valence-electron chi connectivity index (χ4n) is 3.76. The van der Waals surface area contributed by atoms with Crippen molar-refractivity contribution in [2.24, 2.45) is 0 Å². The molecule has 5 nitrogen and oxygen atoms in total. The van der Waals surface area contributed by atoms with Crippen LogP contribution in [0.25, 0.3) is 0 Å². The van der Waals surface area contributed by atoms with E-state index in [0.29, 0.717) is 32.6 Å². The summed E-state index contributed by atoms with van der Waals surface area (Å²) in [5.74, 6) is 1.51. The molecule has 0 aromatic heterocycles. The summed E-state index contributed by atoms with van der Waals surface area (Å²) in [4.78, 5) is 12.5. The van der Waals surface area contributed by atoms with Crippen molar-refractivity contribution in [3.05, 3.63) is 58.6 Å². The van der Waals surface area contributed by atoms with Gasteiger partial charge < -0.3 is 19.5 Å². The summed E-state index contributed by atoms with van der Waals surface area (Å²) in [5, 5.41) is 3.15. The third kappa shape index (κ3) is 6.22. The monoisotopic (exact) mass is 475 g/mol. The van der Waals surface area contributed by atoms with Crippen LogP contribution in [-0.4, -0.2) is 38.9 Å². The van der Waals surface area contributed by atoms with Gasteiger partial charge in [0.2, 0.25) is 5.91 Å². The van der Waals surface area contributed by atoms with Gasteiger partial charge in [-0.2, -0.15) is 0 Å².